The fourth-order valence-electron chi connectivity index (χ4n) is 2.11. The zero-order valence-electron chi connectivity index (χ0n) is 11.6. The van der Waals surface area contributed by atoms with Gasteiger partial charge in [-0.15, -0.1) is 12.4 Å². The van der Waals surface area contributed by atoms with Crippen LogP contribution in [0.5, 0.6) is 5.75 Å². The second kappa shape index (κ2) is 7.72. The summed E-state index contributed by atoms with van der Waals surface area (Å²) >= 11 is 5.96. The van der Waals surface area contributed by atoms with Crippen LogP contribution in [0.4, 0.5) is 0 Å². The summed E-state index contributed by atoms with van der Waals surface area (Å²) in [7, 11) is 1.61. The fourth-order valence-corrected chi connectivity index (χ4v) is 2.30. The molecule has 20 heavy (non-hydrogen) atoms. The van der Waals surface area contributed by atoms with E-state index in [1.807, 2.05) is 19.1 Å². The number of methoxy groups -OCH3 is 1. The largest absolute Gasteiger partial charge is 0.496 e. The molecule has 112 valence electrons. The molecule has 6 heteroatoms. The van der Waals surface area contributed by atoms with Crippen LogP contribution >= 0.6 is 24.0 Å². The van der Waals surface area contributed by atoms with Crippen LogP contribution in [-0.4, -0.2) is 26.1 Å². The van der Waals surface area contributed by atoms with E-state index < -0.39 is 0 Å². The summed E-state index contributed by atoms with van der Waals surface area (Å²) in [6.45, 7) is 4.26. The van der Waals surface area contributed by atoms with Gasteiger partial charge in [0.2, 0.25) is 5.91 Å². The molecule has 1 aliphatic rings. The molecule has 0 saturated carbocycles. The van der Waals surface area contributed by atoms with Gasteiger partial charge in [-0.2, -0.15) is 0 Å². The van der Waals surface area contributed by atoms with Crippen molar-refractivity contribution in [2.24, 2.45) is 11.8 Å². The van der Waals surface area contributed by atoms with Gasteiger partial charge < -0.3 is 15.4 Å². The van der Waals surface area contributed by atoms with E-state index in [9.17, 15) is 4.79 Å². The first-order valence-corrected chi connectivity index (χ1v) is 6.80. The minimum absolute atomic E-state index is 0. The summed E-state index contributed by atoms with van der Waals surface area (Å²) in [5.74, 6) is 1.30. The summed E-state index contributed by atoms with van der Waals surface area (Å²) in [5.41, 5.74) is 0.891. The molecule has 1 aromatic rings. The van der Waals surface area contributed by atoms with E-state index in [1.165, 1.54) is 0 Å². The highest BCUT2D eigenvalue weighted by Crippen LogP contribution is 2.23. The number of hydrogen-bond donors (Lipinski definition) is 2. The van der Waals surface area contributed by atoms with Crippen LogP contribution in [0.1, 0.15) is 12.5 Å². The van der Waals surface area contributed by atoms with Crippen LogP contribution in [-0.2, 0) is 11.3 Å². The van der Waals surface area contributed by atoms with Crippen LogP contribution < -0.4 is 15.4 Å². The number of benzene rings is 1. The van der Waals surface area contributed by atoms with Crippen molar-refractivity contribution in [1.82, 2.24) is 10.6 Å². The molecule has 0 radical (unpaired) electrons. The highest BCUT2D eigenvalue weighted by molar-refractivity contribution is 6.30. The van der Waals surface area contributed by atoms with Crippen molar-refractivity contribution in [3.8, 4) is 5.75 Å². The maximum atomic E-state index is 12.0. The van der Waals surface area contributed by atoms with Crippen molar-refractivity contribution >= 4 is 29.9 Å². The Morgan fingerprint density at radius 3 is 2.80 bits per heavy atom. The number of halogens is 2. The van der Waals surface area contributed by atoms with Gasteiger partial charge in [0.05, 0.1) is 7.11 Å². The summed E-state index contributed by atoms with van der Waals surface area (Å²) < 4.78 is 5.25. The van der Waals surface area contributed by atoms with Crippen molar-refractivity contribution in [3.05, 3.63) is 28.8 Å². The predicted octanol–water partition coefficient (Wildman–Crippen LogP) is 2.24. The Bertz CT molecular complexity index is 464. The van der Waals surface area contributed by atoms with Gasteiger partial charge in [0.15, 0.2) is 0 Å². The predicted molar refractivity (Wildman–Crippen MR) is 82.6 cm³/mol. The number of carbonyl (C=O) groups excluding carboxylic acids is 1. The van der Waals surface area contributed by atoms with Crippen molar-refractivity contribution in [3.63, 3.8) is 0 Å². The number of nitrogens with one attached hydrogen (secondary N) is 2. The van der Waals surface area contributed by atoms with Gasteiger partial charge in [0, 0.05) is 23.0 Å². The molecule has 4 nitrogen and oxygen atoms in total. The highest BCUT2D eigenvalue weighted by Gasteiger charge is 2.28. The number of hydrogen-bond acceptors (Lipinski definition) is 3. The number of amides is 1. The summed E-state index contributed by atoms with van der Waals surface area (Å²) in [4.78, 5) is 12.0. The molecule has 1 amide bonds. The molecule has 2 rings (SSSR count). The molecule has 0 spiro atoms. The number of rotatable bonds is 5. The molecule has 1 aliphatic heterocycles. The molecule has 1 fully saturated rings. The zero-order valence-corrected chi connectivity index (χ0v) is 13.2. The van der Waals surface area contributed by atoms with Gasteiger partial charge in [-0.25, -0.2) is 0 Å². The molecular formula is C14H20Cl2N2O2. The van der Waals surface area contributed by atoms with Crippen LogP contribution in [0, 0.1) is 11.8 Å². The minimum atomic E-state index is 0. The highest BCUT2D eigenvalue weighted by atomic mass is 35.5. The van der Waals surface area contributed by atoms with Gasteiger partial charge >= 0.3 is 0 Å². The van der Waals surface area contributed by atoms with E-state index in [2.05, 4.69) is 10.6 Å². The summed E-state index contributed by atoms with van der Waals surface area (Å²) in [6, 6.07) is 5.40. The SMILES string of the molecule is COc1ccc(Cl)cc1CNC(=O)C(C)C1CNC1.Cl. The molecular weight excluding hydrogens is 299 g/mol. The topological polar surface area (TPSA) is 50.4 Å². The molecule has 1 aromatic carbocycles. The third kappa shape index (κ3) is 4.01. The molecule has 2 N–H and O–H groups in total. The maximum Gasteiger partial charge on any atom is 0.223 e. The molecule has 0 bridgehead atoms. The van der Waals surface area contributed by atoms with Crippen molar-refractivity contribution in [2.75, 3.05) is 20.2 Å². The third-order valence-corrected chi connectivity index (χ3v) is 3.86. The van der Waals surface area contributed by atoms with Gasteiger partial charge in [0.25, 0.3) is 0 Å². The Morgan fingerprint density at radius 1 is 1.55 bits per heavy atom. The van der Waals surface area contributed by atoms with Crippen LogP contribution in [0.15, 0.2) is 18.2 Å². The average Bonchev–Trinajstić information content (AvgIpc) is 2.34. The monoisotopic (exact) mass is 318 g/mol. The molecule has 1 unspecified atom stereocenters. The van der Waals surface area contributed by atoms with Crippen LogP contribution in [0.25, 0.3) is 0 Å². The van der Waals surface area contributed by atoms with Crippen molar-refractivity contribution in [1.29, 1.82) is 0 Å². The van der Waals surface area contributed by atoms with Crippen molar-refractivity contribution < 1.29 is 9.53 Å². The summed E-state index contributed by atoms with van der Waals surface area (Å²) in [5, 5.41) is 6.76. The minimum Gasteiger partial charge on any atom is -0.496 e. The first-order chi connectivity index (χ1) is 9.11. The Labute approximate surface area is 130 Å². The van der Waals surface area contributed by atoms with Crippen LogP contribution in [0.2, 0.25) is 5.02 Å². The number of carbonyl (C=O) groups is 1. The molecule has 1 heterocycles. The van der Waals surface area contributed by atoms with Gasteiger partial charge in [0.1, 0.15) is 5.75 Å². The van der Waals surface area contributed by atoms with E-state index in [-0.39, 0.29) is 24.2 Å². The van der Waals surface area contributed by atoms with E-state index >= 15 is 0 Å². The Kier molecular flexibility index (Phi) is 6.59. The fraction of sp³-hybridized carbons (Fsp3) is 0.500. The van der Waals surface area contributed by atoms with Crippen LogP contribution in [0.3, 0.4) is 0 Å². The zero-order chi connectivity index (χ0) is 13.8. The average molecular weight is 319 g/mol. The van der Waals surface area contributed by atoms with E-state index in [1.54, 1.807) is 13.2 Å². The molecule has 1 saturated heterocycles. The van der Waals surface area contributed by atoms with E-state index in [0.29, 0.717) is 17.5 Å². The standard InChI is InChI=1S/C14H19ClN2O2.ClH/c1-9(11-6-16-7-11)14(18)17-8-10-5-12(15)3-4-13(10)19-2;/h3-5,9,11,16H,6-8H2,1-2H3,(H,17,18);1H. The quantitative estimate of drug-likeness (QED) is 0.875. The van der Waals surface area contributed by atoms with Gasteiger partial charge in [-0.1, -0.05) is 18.5 Å². The molecule has 1 atom stereocenters. The lowest BCUT2D eigenvalue weighted by molar-refractivity contribution is -0.126. The first kappa shape index (κ1) is 17.1. The molecule has 0 aromatic heterocycles. The first-order valence-electron chi connectivity index (χ1n) is 6.42. The van der Waals surface area contributed by atoms with Gasteiger partial charge in [-0.3, -0.25) is 4.79 Å². The maximum absolute atomic E-state index is 12.0. The smallest absolute Gasteiger partial charge is 0.223 e. The lowest BCUT2D eigenvalue weighted by Gasteiger charge is -2.31. The van der Waals surface area contributed by atoms with Gasteiger partial charge in [-0.05, 0) is 37.2 Å². The second-order valence-electron chi connectivity index (χ2n) is 4.88. The molecule has 0 aliphatic carbocycles. The van der Waals surface area contributed by atoms with Crippen molar-refractivity contribution in [2.45, 2.75) is 13.5 Å². The lowest BCUT2D eigenvalue weighted by Crippen LogP contribution is -2.49. The Hall–Kier alpha value is -0.970. The lowest BCUT2D eigenvalue weighted by atomic mass is 9.88. The Morgan fingerprint density at radius 2 is 2.25 bits per heavy atom. The Balaban J connectivity index is 0.00000200. The normalized spacial score (nSPS) is 15.8. The number of ether oxygens (including phenoxy) is 1. The van der Waals surface area contributed by atoms with E-state index in [4.69, 9.17) is 16.3 Å². The second-order valence-corrected chi connectivity index (χ2v) is 5.32. The van der Waals surface area contributed by atoms with E-state index in [0.717, 1.165) is 24.4 Å². The summed E-state index contributed by atoms with van der Waals surface area (Å²) in [6.07, 6.45) is 0. The third-order valence-electron chi connectivity index (χ3n) is 3.63.